The van der Waals surface area contributed by atoms with Gasteiger partial charge in [0, 0.05) is 18.2 Å². The van der Waals surface area contributed by atoms with Gasteiger partial charge < -0.3 is 20.2 Å². The number of aromatic hydroxyl groups is 3. The molecule has 0 unspecified atom stereocenters. The summed E-state index contributed by atoms with van der Waals surface area (Å²) in [6.07, 6.45) is -0.349. The second-order valence-electron chi connectivity index (χ2n) is 4.06. The van der Waals surface area contributed by atoms with E-state index in [-0.39, 0.29) is 12.0 Å². The van der Waals surface area contributed by atoms with Gasteiger partial charge in [-0.05, 0) is 11.6 Å². The predicted molar refractivity (Wildman–Crippen MR) is 67.8 cm³/mol. The molecule has 0 bridgehead atoms. The van der Waals surface area contributed by atoms with Crippen LogP contribution in [0.3, 0.4) is 0 Å². The van der Waals surface area contributed by atoms with Crippen LogP contribution in [0.2, 0.25) is 0 Å². The number of nitro groups is 1. The van der Waals surface area contributed by atoms with Gasteiger partial charge in [-0.15, -0.1) is 4.73 Å². The molecule has 0 amide bonds. The van der Waals surface area contributed by atoms with E-state index in [1.165, 1.54) is 6.07 Å². The molecule has 0 aliphatic rings. The Balaban J connectivity index is 2.13. The molecular formula is C12H10N2O7. The Kier molecular flexibility index (Phi) is 3.65. The number of carbonyl (C=O) groups is 1. The summed E-state index contributed by atoms with van der Waals surface area (Å²) in [5.41, 5.74) is -0.303. The number of nitro benzene ring substituents is 1. The van der Waals surface area contributed by atoms with E-state index in [2.05, 4.69) is 0 Å². The molecule has 21 heavy (non-hydrogen) atoms. The van der Waals surface area contributed by atoms with E-state index in [1.807, 2.05) is 0 Å². The van der Waals surface area contributed by atoms with Crippen molar-refractivity contribution in [3.8, 4) is 17.5 Å². The highest BCUT2D eigenvalue weighted by Crippen LogP contribution is 2.26. The van der Waals surface area contributed by atoms with E-state index >= 15 is 0 Å². The van der Waals surface area contributed by atoms with Crippen LogP contribution in [0, 0.1) is 10.1 Å². The third-order valence-corrected chi connectivity index (χ3v) is 2.58. The highest BCUT2D eigenvalue weighted by Gasteiger charge is 2.17. The Morgan fingerprint density at radius 3 is 2.38 bits per heavy atom. The zero-order chi connectivity index (χ0) is 15.6. The van der Waals surface area contributed by atoms with Gasteiger partial charge in [0.1, 0.15) is 0 Å². The van der Waals surface area contributed by atoms with Crippen molar-refractivity contribution >= 4 is 11.7 Å². The monoisotopic (exact) mass is 294 g/mol. The molecule has 0 radical (unpaired) electrons. The fourth-order valence-corrected chi connectivity index (χ4v) is 1.62. The highest BCUT2D eigenvalue weighted by atomic mass is 16.7. The molecule has 110 valence electrons. The molecular weight excluding hydrogens is 284 g/mol. The fraction of sp³-hybridized carbons (Fsp3) is 0.0833. The average molecular weight is 294 g/mol. The highest BCUT2D eigenvalue weighted by molar-refractivity contribution is 5.73. The number of rotatable bonds is 4. The number of nitrogens with zero attached hydrogens (tertiary/aromatic N) is 2. The van der Waals surface area contributed by atoms with Crippen molar-refractivity contribution in [1.82, 2.24) is 4.73 Å². The lowest BCUT2D eigenvalue weighted by molar-refractivity contribution is -0.385. The second-order valence-corrected chi connectivity index (χ2v) is 4.06. The van der Waals surface area contributed by atoms with Crippen LogP contribution in [0.1, 0.15) is 5.56 Å². The van der Waals surface area contributed by atoms with Gasteiger partial charge in [0.25, 0.3) is 0 Å². The number of phenolic OH excluding ortho intramolecular Hbond substituents is 1. The largest absolute Gasteiger partial charge is 0.502 e. The van der Waals surface area contributed by atoms with Crippen molar-refractivity contribution in [2.24, 2.45) is 0 Å². The molecule has 2 aromatic rings. The molecule has 9 heteroatoms. The van der Waals surface area contributed by atoms with Crippen LogP contribution in [-0.2, 0) is 11.2 Å². The summed E-state index contributed by atoms with van der Waals surface area (Å²) in [4.78, 5) is 26.2. The minimum Gasteiger partial charge on any atom is -0.502 e. The number of carbonyl (C=O) groups excluding carboxylic acids is 1. The van der Waals surface area contributed by atoms with Crippen LogP contribution in [-0.4, -0.2) is 30.9 Å². The Labute approximate surface area is 117 Å². The van der Waals surface area contributed by atoms with Crippen LogP contribution >= 0.6 is 0 Å². The van der Waals surface area contributed by atoms with Gasteiger partial charge in [-0.3, -0.25) is 10.1 Å². The molecule has 0 atom stereocenters. The first-order valence-corrected chi connectivity index (χ1v) is 5.65. The molecule has 0 fully saturated rings. The summed E-state index contributed by atoms with van der Waals surface area (Å²) in [5.74, 6) is -2.33. The molecule has 0 spiro atoms. The van der Waals surface area contributed by atoms with Crippen LogP contribution in [0.25, 0.3) is 0 Å². The maximum Gasteiger partial charge on any atom is 0.337 e. The fourth-order valence-electron chi connectivity index (χ4n) is 1.62. The summed E-state index contributed by atoms with van der Waals surface area (Å²) in [7, 11) is 0. The molecule has 0 aliphatic carbocycles. The van der Waals surface area contributed by atoms with E-state index < -0.39 is 34.1 Å². The Bertz CT molecular complexity index is 688. The van der Waals surface area contributed by atoms with Gasteiger partial charge in [0.2, 0.25) is 11.8 Å². The minimum absolute atomic E-state index is 0.232. The Morgan fingerprint density at radius 1 is 1.19 bits per heavy atom. The molecule has 3 N–H and O–H groups in total. The smallest absolute Gasteiger partial charge is 0.337 e. The molecule has 1 aromatic heterocycles. The Morgan fingerprint density at radius 2 is 1.81 bits per heavy atom. The summed E-state index contributed by atoms with van der Waals surface area (Å²) >= 11 is 0. The summed E-state index contributed by atoms with van der Waals surface area (Å²) in [5, 5.41) is 38.6. The molecule has 9 nitrogen and oxygen atoms in total. The predicted octanol–water partition coefficient (Wildman–Crippen LogP) is 0.711. The maximum atomic E-state index is 11.7. The van der Waals surface area contributed by atoms with Crippen molar-refractivity contribution in [3.63, 3.8) is 0 Å². The quantitative estimate of drug-likeness (QED) is 0.558. The topological polar surface area (TPSA) is 135 Å². The number of hydrogen-bond acceptors (Lipinski definition) is 7. The maximum absolute atomic E-state index is 11.7. The molecule has 2 rings (SSSR count). The van der Waals surface area contributed by atoms with E-state index in [4.69, 9.17) is 4.84 Å². The van der Waals surface area contributed by atoms with Gasteiger partial charge in [-0.25, -0.2) is 4.79 Å². The first kappa shape index (κ1) is 14.2. The third-order valence-electron chi connectivity index (χ3n) is 2.58. The summed E-state index contributed by atoms with van der Waals surface area (Å²) in [6.45, 7) is 0. The van der Waals surface area contributed by atoms with Crippen LogP contribution in [0.4, 0.5) is 5.69 Å². The minimum atomic E-state index is -0.864. The van der Waals surface area contributed by atoms with Crippen molar-refractivity contribution in [2.75, 3.05) is 0 Å². The molecule has 0 saturated carbocycles. The third kappa shape index (κ3) is 3.03. The van der Waals surface area contributed by atoms with Crippen molar-refractivity contribution in [1.29, 1.82) is 0 Å². The van der Waals surface area contributed by atoms with Gasteiger partial charge in [-0.2, -0.15) is 0 Å². The van der Waals surface area contributed by atoms with Crippen LogP contribution in [0.15, 0.2) is 30.3 Å². The molecule has 0 saturated heterocycles. The number of hydrogen-bond donors (Lipinski definition) is 3. The van der Waals surface area contributed by atoms with Crippen molar-refractivity contribution in [2.45, 2.75) is 6.42 Å². The lowest BCUT2D eigenvalue weighted by Gasteiger charge is -2.07. The number of phenols is 1. The lowest BCUT2D eigenvalue weighted by atomic mass is 10.1. The zero-order valence-corrected chi connectivity index (χ0v) is 10.5. The standard InChI is InChI=1S/C12H10N2O7/c15-9-2-1-7(5-8(9)14(19)20)6-12(18)21-13-10(16)3-4-11(13)17/h1-5,15-17H,6H2. The number of benzene rings is 1. The average Bonchev–Trinajstić information content (AvgIpc) is 2.72. The van der Waals surface area contributed by atoms with Crippen LogP contribution < -0.4 is 4.84 Å². The summed E-state index contributed by atoms with van der Waals surface area (Å²) in [6, 6.07) is 5.68. The lowest BCUT2D eigenvalue weighted by Crippen LogP contribution is -2.20. The van der Waals surface area contributed by atoms with Crippen molar-refractivity contribution < 1.29 is 29.9 Å². The van der Waals surface area contributed by atoms with Gasteiger partial charge >= 0.3 is 11.7 Å². The zero-order valence-electron chi connectivity index (χ0n) is 10.5. The van der Waals surface area contributed by atoms with E-state index in [1.54, 1.807) is 0 Å². The van der Waals surface area contributed by atoms with Crippen LogP contribution in [0.5, 0.6) is 17.5 Å². The van der Waals surface area contributed by atoms with Gasteiger partial charge in [0.15, 0.2) is 5.75 Å². The summed E-state index contributed by atoms with van der Waals surface area (Å²) < 4.78 is 0.511. The number of aromatic nitrogens is 1. The molecule has 1 heterocycles. The van der Waals surface area contributed by atoms with E-state index in [0.717, 1.165) is 24.3 Å². The van der Waals surface area contributed by atoms with E-state index in [9.17, 15) is 30.2 Å². The van der Waals surface area contributed by atoms with Gasteiger partial charge in [0.05, 0.1) is 11.3 Å². The first-order chi connectivity index (χ1) is 9.88. The molecule has 0 aliphatic heterocycles. The first-order valence-electron chi connectivity index (χ1n) is 5.65. The SMILES string of the molecule is O=C(Cc1ccc(O)c([N+](=O)[O-])c1)On1c(O)ccc1O. The molecule has 1 aromatic carbocycles. The van der Waals surface area contributed by atoms with Crippen molar-refractivity contribution in [3.05, 3.63) is 46.0 Å². The second kappa shape index (κ2) is 5.41. The Hall–Kier alpha value is -3.23. The van der Waals surface area contributed by atoms with Gasteiger partial charge in [-0.1, -0.05) is 6.07 Å². The van der Waals surface area contributed by atoms with E-state index in [0.29, 0.717) is 4.73 Å². The normalized spacial score (nSPS) is 10.3.